The molecule has 0 unspecified atom stereocenters. The minimum atomic E-state index is -0.598. The molecule has 3 rings (SSSR count). The van der Waals surface area contributed by atoms with Gasteiger partial charge in [-0.1, -0.05) is 6.07 Å². The quantitative estimate of drug-likeness (QED) is 0.532. The standard InChI is InChI=1S/C16H11N5O6/c22-15(18-10-2-1-3-11(6-10)20(24)25)8-19-9-17-14-7-12(21(26)27)4-5-13(14)16(19)23/h1-7,9H,8H2,(H,18,22). The third-order valence-corrected chi connectivity index (χ3v) is 3.67. The highest BCUT2D eigenvalue weighted by Gasteiger charge is 2.13. The Morgan fingerprint density at radius 3 is 2.48 bits per heavy atom. The zero-order valence-corrected chi connectivity index (χ0v) is 13.6. The summed E-state index contributed by atoms with van der Waals surface area (Å²) in [5, 5.41) is 24.1. The number of aromatic nitrogens is 2. The Labute approximate surface area is 150 Å². The van der Waals surface area contributed by atoms with E-state index in [0.29, 0.717) is 0 Å². The Morgan fingerprint density at radius 2 is 1.78 bits per heavy atom. The Kier molecular flexibility index (Phi) is 4.58. The predicted molar refractivity (Wildman–Crippen MR) is 94.4 cm³/mol. The number of nitro groups is 2. The number of carbonyl (C=O) groups excluding carboxylic acids is 1. The number of nitrogens with one attached hydrogen (secondary N) is 1. The first-order valence-electron chi connectivity index (χ1n) is 7.53. The summed E-state index contributed by atoms with van der Waals surface area (Å²) in [7, 11) is 0. The molecule has 3 aromatic rings. The van der Waals surface area contributed by atoms with Gasteiger partial charge in [-0.05, 0) is 12.1 Å². The van der Waals surface area contributed by atoms with Gasteiger partial charge in [-0.25, -0.2) is 4.98 Å². The van der Waals surface area contributed by atoms with Gasteiger partial charge in [0.15, 0.2) is 0 Å². The maximum atomic E-state index is 12.4. The number of hydrogen-bond donors (Lipinski definition) is 1. The van der Waals surface area contributed by atoms with Crippen LogP contribution in [0.4, 0.5) is 17.1 Å². The van der Waals surface area contributed by atoms with E-state index in [1.807, 2.05) is 0 Å². The van der Waals surface area contributed by atoms with E-state index in [9.17, 15) is 29.8 Å². The van der Waals surface area contributed by atoms with Crippen molar-refractivity contribution in [2.45, 2.75) is 6.54 Å². The van der Waals surface area contributed by atoms with Crippen LogP contribution in [0.25, 0.3) is 10.9 Å². The third-order valence-electron chi connectivity index (χ3n) is 3.67. The van der Waals surface area contributed by atoms with Gasteiger partial charge < -0.3 is 5.32 Å². The van der Waals surface area contributed by atoms with Gasteiger partial charge in [0, 0.05) is 30.0 Å². The first-order valence-corrected chi connectivity index (χ1v) is 7.53. The number of fused-ring (bicyclic) bond motifs is 1. The maximum absolute atomic E-state index is 12.4. The average molecular weight is 369 g/mol. The van der Waals surface area contributed by atoms with Gasteiger partial charge in [0.25, 0.3) is 16.9 Å². The zero-order chi connectivity index (χ0) is 19.6. The smallest absolute Gasteiger partial charge is 0.271 e. The monoisotopic (exact) mass is 369 g/mol. The molecule has 0 saturated carbocycles. The number of carbonyl (C=O) groups is 1. The lowest BCUT2D eigenvalue weighted by molar-refractivity contribution is -0.384. The number of benzene rings is 2. The van der Waals surface area contributed by atoms with Crippen LogP contribution in [0.3, 0.4) is 0 Å². The fourth-order valence-electron chi connectivity index (χ4n) is 2.43. The summed E-state index contributed by atoms with van der Waals surface area (Å²) < 4.78 is 1.04. The van der Waals surface area contributed by atoms with Crippen molar-refractivity contribution in [1.29, 1.82) is 0 Å². The van der Waals surface area contributed by atoms with E-state index >= 15 is 0 Å². The molecule has 0 aliphatic rings. The summed E-state index contributed by atoms with van der Waals surface area (Å²) in [5.41, 5.74) is -0.560. The molecule has 2 aromatic carbocycles. The molecule has 0 radical (unpaired) electrons. The number of non-ortho nitro benzene ring substituents is 2. The van der Waals surface area contributed by atoms with Crippen LogP contribution in [-0.4, -0.2) is 25.3 Å². The summed E-state index contributed by atoms with van der Waals surface area (Å²) in [5.74, 6) is -0.583. The molecule has 11 heteroatoms. The van der Waals surface area contributed by atoms with Crippen molar-refractivity contribution in [2.24, 2.45) is 0 Å². The Balaban J connectivity index is 1.83. The van der Waals surface area contributed by atoms with E-state index in [-0.39, 0.29) is 34.5 Å². The molecule has 0 fully saturated rings. The second kappa shape index (κ2) is 7.00. The van der Waals surface area contributed by atoms with Gasteiger partial charge in [-0.2, -0.15) is 0 Å². The van der Waals surface area contributed by atoms with Crippen LogP contribution in [0.1, 0.15) is 0 Å². The first kappa shape index (κ1) is 17.7. The van der Waals surface area contributed by atoms with Gasteiger partial charge in [0.1, 0.15) is 6.54 Å². The molecular formula is C16H11N5O6. The lowest BCUT2D eigenvalue weighted by Gasteiger charge is -2.08. The van der Waals surface area contributed by atoms with Crippen molar-refractivity contribution < 1.29 is 14.6 Å². The number of rotatable bonds is 5. The van der Waals surface area contributed by atoms with E-state index in [1.54, 1.807) is 0 Å². The van der Waals surface area contributed by atoms with E-state index in [2.05, 4.69) is 10.3 Å². The molecular weight excluding hydrogens is 358 g/mol. The lowest BCUT2D eigenvalue weighted by atomic mass is 10.2. The number of nitrogens with zero attached hydrogens (tertiary/aromatic N) is 4. The Morgan fingerprint density at radius 1 is 1.07 bits per heavy atom. The van der Waals surface area contributed by atoms with Crippen molar-refractivity contribution in [3.8, 4) is 0 Å². The normalized spacial score (nSPS) is 10.5. The van der Waals surface area contributed by atoms with Crippen molar-refractivity contribution in [3.63, 3.8) is 0 Å². The highest BCUT2D eigenvalue weighted by Crippen LogP contribution is 2.18. The molecule has 27 heavy (non-hydrogen) atoms. The fraction of sp³-hybridized carbons (Fsp3) is 0.0625. The molecule has 0 bridgehead atoms. The zero-order valence-electron chi connectivity index (χ0n) is 13.6. The fourth-order valence-corrected chi connectivity index (χ4v) is 2.43. The predicted octanol–water partition coefficient (Wildman–Crippen LogP) is 1.85. The molecule has 136 valence electrons. The molecule has 1 amide bonds. The molecule has 1 N–H and O–H groups in total. The SMILES string of the molecule is O=C(Cn1cnc2cc([N+](=O)[O-])ccc2c1=O)Nc1cccc([N+](=O)[O-])c1. The molecule has 0 atom stereocenters. The third kappa shape index (κ3) is 3.76. The molecule has 1 heterocycles. The van der Waals surface area contributed by atoms with Gasteiger partial charge in [-0.15, -0.1) is 0 Å². The second-order valence-corrected chi connectivity index (χ2v) is 5.49. The molecule has 0 aliphatic heterocycles. The number of anilines is 1. The van der Waals surface area contributed by atoms with Crippen molar-refractivity contribution in [1.82, 2.24) is 9.55 Å². The van der Waals surface area contributed by atoms with Crippen molar-refractivity contribution in [3.05, 3.63) is 79.4 Å². The number of nitro benzene ring substituents is 2. The summed E-state index contributed by atoms with van der Waals surface area (Å²) in [4.78, 5) is 48.9. The summed E-state index contributed by atoms with van der Waals surface area (Å²) in [6.07, 6.45) is 1.11. The largest absolute Gasteiger partial charge is 0.324 e. The van der Waals surface area contributed by atoms with E-state index in [1.165, 1.54) is 42.5 Å². The second-order valence-electron chi connectivity index (χ2n) is 5.49. The van der Waals surface area contributed by atoms with E-state index in [4.69, 9.17) is 0 Å². The van der Waals surface area contributed by atoms with Gasteiger partial charge in [-0.3, -0.25) is 34.4 Å². The molecule has 0 saturated heterocycles. The summed E-state index contributed by atoms with van der Waals surface area (Å²) >= 11 is 0. The molecule has 1 aromatic heterocycles. The van der Waals surface area contributed by atoms with Crippen LogP contribution in [0, 0.1) is 20.2 Å². The van der Waals surface area contributed by atoms with Crippen LogP contribution in [0.5, 0.6) is 0 Å². The van der Waals surface area contributed by atoms with Gasteiger partial charge in [0.05, 0.1) is 27.1 Å². The van der Waals surface area contributed by atoms with Crippen LogP contribution in [0.15, 0.2) is 53.6 Å². The summed E-state index contributed by atoms with van der Waals surface area (Å²) in [6, 6.07) is 9.00. The van der Waals surface area contributed by atoms with Crippen molar-refractivity contribution in [2.75, 3.05) is 5.32 Å². The highest BCUT2D eigenvalue weighted by molar-refractivity contribution is 5.91. The minimum Gasteiger partial charge on any atom is -0.324 e. The van der Waals surface area contributed by atoms with E-state index in [0.717, 1.165) is 10.9 Å². The van der Waals surface area contributed by atoms with Crippen LogP contribution in [-0.2, 0) is 11.3 Å². The van der Waals surface area contributed by atoms with Crippen molar-refractivity contribution >= 4 is 33.9 Å². The lowest BCUT2D eigenvalue weighted by Crippen LogP contribution is -2.27. The van der Waals surface area contributed by atoms with Gasteiger partial charge in [0.2, 0.25) is 5.91 Å². The molecule has 0 aliphatic carbocycles. The highest BCUT2D eigenvalue weighted by atomic mass is 16.6. The van der Waals surface area contributed by atoms with Crippen LogP contribution >= 0.6 is 0 Å². The molecule has 11 nitrogen and oxygen atoms in total. The van der Waals surface area contributed by atoms with Crippen LogP contribution in [0.2, 0.25) is 0 Å². The Bertz CT molecular complexity index is 1140. The van der Waals surface area contributed by atoms with Gasteiger partial charge >= 0.3 is 0 Å². The minimum absolute atomic E-state index is 0.131. The number of hydrogen-bond acceptors (Lipinski definition) is 7. The topological polar surface area (TPSA) is 150 Å². The Hall–Kier alpha value is -4.15. The maximum Gasteiger partial charge on any atom is 0.271 e. The van der Waals surface area contributed by atoms with Crippen LogP contribution < -0.4 is 10.9 Å². The number of amides is 1. The molecule has 0 spiro atoms. The summed E-state index contributed by atoms with van der Waals surface area (Å²) in [6.45, 7) is -0.374. The van der Waals surface area contributed by atoms with E-state index < -0.39 is 21.3 Å². The first-order chi connectivity index (χ1) is 12.8. The average Bonchev–Trinajstić information content (AvgIpc) is 2.64.